The van der Waals surface area contributed by atoms with Gasteiger partial charge in [-0.3, -0.25) is 39.1 Å². The number of pyridine rings is 1. The monoisotopic (exact) mass is 524 g/mol. The number of imide groups is 2. The fourth-order valence-corrected chi connectivity index (χ4v) is 5.92. The summed E-state index contributed by atoms with van der Waals surface area (Å²) >= 11 is 0. The number of nitrogens with one attached hydrogen (secondary N) is 2. The fraction of sp³-hybridized carbons (Fsp3) is 0.379. The van der Waals surface area contributed by atoms with Crippen LogP contribution in [0.5, 0.6) is 0 Å². The maximum Gasteiger partial charge on any atom is 0.262 e. The van der Waals surface area contributed by atoms with Crippen molar-refractivity contribution in [3.63, 3.8) is 0 Å². The van der Waals surface area contributed by atoms with Gasteiger partial charge < -0.3 is 5.32 Å². The Morgan fingerprint density at radius 2 is 1.79 bits per heavy atom. The molecule has 2 N–H and O–H groups in total. The van der Waals surface area contributed by atoms with E-state index in [1.54, 1.807) is 24.4 Å². The van der Waals surface area contributed by atoms with Crippen LogP contribution in [0.2, 0.25) is 0 Å². The molecule has 3 fully saturated rings. The predicted octanol–water partition coefficient (Wildman–Crippen LogP) is 3.29. The summed E-state index contributed by atoms with van der Waals surface area (Å²) in [7, 11) is 0. The highest BCUT2D eigenvalue weighted by atomic mass is 16.2. The zero-order chi connectivity index (χ0) is 26.7. The Kier molecular flexibility index (Phi) is 5.57. The SMILES string of the molecule is O=C1CCC(N2C(=O)c3ccc(NCC4CC(n5cc(-c6cccnc6)c(C6CC6)n5)C4)cc3C2=O)C(=O)N1. The van der Waals surface area contributed by atoms with E-state index in [4.69, 9.17) is 5.10 Å². The molecular formula is C29H28N6O4. The first-order valence-electron chi connectivity index (χ1n) is 13.5. The number of carbonyl (C=O) groups is 4. The molecule has 10 nitrogen and oxygen atoms in total. The number of fused-ring (bicyclic) bond motifs is 1. The highest BCUT2D eigenvalue weighted by Crippen LogP contribution is 2.45. The lowest BCUT2D eigenvalue weighted by atomic mass is 9.80. The average Bonchev–Trinajstić information content (AvgIpc) is 3.62. The van der Waals surface area contributed by atoms with E-state index in [9.17, 15) is 19.2 Å². The van der Waals surface area contributed by atoms with Crippen LogP contribution in [0.1, 0.15) is 76.9 Å². The minimum Gasteiger partial charge on any atom is -0.385 e. The number of amides is 4. The second-order valence-corrected chi connectivity index (χ2v) is 11.0. The van der Waals surface area contributed by atoms with Crippen molar-refractivity contribution >= 4 is 29.3 Å². The molecule has 2 saturated carbocycles. The van der Waals surface area contributed by atoms with Gasteiger partial charge in [0.25, 0.3) is 11.8 Å². The standard InChI is InChI=1S/C29H28N6O4/c36-25-8-7-24(27(37)32-25)35-28(38)21-6-5-19(12-22(21)29(35)39)31-13-16-10-20(11-16)34-15-23(18-2-1-9-30-14-18)26(33-34)17-3-4-17/h1-2,5-6,9,12,14-17,20,24,31H,3-4,7-8,10-11,13H2,(H,32,36,37). The van der Waals surface area contributed by atoms with Gasteiger partial charge in [-0.25, -0.2) is 0 Å². The highest BCUT2D eigenvalue weighted by Gasteiger charge is 2.44. The zero-order valence-corrected chi connectivity index (χ0v) is 21.3. The molecule has 198 valence electrons. The molecule has 3 aromatic rings. The first-order chi connectivity index (χ1) is 19.0. The molecular weight excluding hydrogens is 496 g/mol. The van der Waals surface area contributed by atoms with Gasteiger partial charge >= 0.3 is 0 Å². The zero-order valence-electron chi connectivity index (χ0n) is 21.3. The Bertz CT molecular complexity index is 1510. The molecule has 10 heteroatoms. The van der Waals surface area contributed by atoms with E-state index < -0.39 is 23.8 Å². The number of carbonyl (C=O) groups excluding carboxylic acids is 4. The molecule has 1 atom stereocenters. The third-order valence-corrected chi connectivity index (χ3v) is 8.32. The minimum atomic E-state index is -0.959. The van der Waals surface area contributed by atoms with E-state index in [0.29, 0.717) is 17.9 Å². The van der Waals surface area contributed by atoms with Crippen LogP contribution in [0.4, 0.5) is 5.69 Å². The van der Waals surface area contributed by atoms with Gasteiger partial charge in [-0.15, -0.1) is 0 Å². The Labute approximate surface area is 224 Å². The summed E-state index contributed by atoms with van der Waals surface area (Å²) in [6.45, 7) is 0.750. The second kappa shape index (κ2) is 9.14. The Morgan fingerprint density at radius 3 is 2.54 bits per heavy atom. The predicted molar refractivity (Wildman–Crippen MR) is 141 cm³/mol. The van der Waals surface area contributed by atoms with Crippen molar-refractivity contribution in [1.82, 2.24) is 25.0 Å². The fourth-order valence-electron chi connectivity index (χ4n) is 5.92. The molecule has 4 heterocycles. The van der Waals surface area contributed by atoms with Crippen LogP contribution in [0.15, 0.2) is 48.9 Å². The van der Waals surface area contributed by atoms with Crippen molar-refractivity contribution in [2.24, 2.45) is 5.92 Å². The van der Waals surface area contributed by atoms with Crippen LogP contribution in [0, 0.1) is 5.92 Å². The normalized spacial score (nSPS) is 24.4. The van der Waals surface area contributed by atoms with E-state index in [1.165, 1.54) is 24.1 Å². The van der Waals surface area contributed by atoms with Gasteiger partial charge in [-0.05, 0) is 62.3 Å². The number of benzene rings is 1. The molecule has 0 radical (unpaired) electrons. The maximum absolute atomic E-state index is 13.1. The van der Waals surface area contributed by atoms with Crippen molar-refractivity contribution in [3.8, 4) is 11.1 Å². The number of nitrogens with zero attached hydrogens (tertiary/aromatic N) is 4. The number of hydrogen-bond acceptors (Lipinski definition) is 7. The molecule has 4 amide bonds. The summed E-state index contributed by atoms with van der Waals surface area (Å²) in [6, 6.07) is 8.57. The van der Waals surface area contributed by atoms with Crippen LogP contribution in [0.3, 0.4) is 0 Å². The van der Waals surface area contributed by atoms with E-state index in [0.717, 1.165) is 35.5 Å². The largest absolute Gasteiger partial charge is 0.385 e. The van der Waals surface area contributed by atoms with E-state index in [1.807, 2.05) is 12.3 Å². The van der Waals surface area contributed by atoms with E-state index >= 15 is 0 Å². The molecule has 7 rings (SSSR count). The van der Waals surface area contributed by atoms with Crippen LogP contribution >= 0.6 is 0 Å². The molecule has 39 heavy (non-hydrogen) atoms. The lowest BCUT2D eigenvalue weighted by molar-refractivity contribution is -0.136. The molecule has 4 aliphatic rings. The number of piperidine rings is 1. The van der Waals surface area contributed by atoms with Gasteiger partial charge in [-0.1, -0.05) is 6.07 Å². The number of anilines is 1. The molecule has 1 aromatic carbocycles. The molecule has 0 bridgehead atoms. The van der Waals surface area contributed by atoms with Crippen molar-refractivity contribution in [2.45, 2.75) is 56.5 Å². The van der Waals surface area contributed by atoms with Gasteiger partial charge in [0.1, 0.15) is 6.04 Å². The van der Waals surface area contributed by atoms with Crippen LogP contribution < -0.4 is 10.6 Å². The molecule has 2 aliphatic carbocycles. The van der Waals surface area contributed by atoms with Crippen molar-refractivity contribution in [3.05, 3.63) is 65.7 Å². The van der Waals surface area contributed by atoms with E-state index in [-0.39, 0.29) is 29.9 Å². The van der Waals surface area contributed by atoms with Crippen molar-refractivity contribution < 1.29 is 19.2 Å². The minimum absolute atomic E-state index is 0.101. The second-order valence-electron chi connectivity index (χ2n) is 11.0. The number of hydrogen-bond donors (Lipinski definition) is 2. The third-order valence-electron chi connectivity index (χ3n) is 8.32. The van der Waals surface area contributed by atoms with Crippen molar-refractivity contribution in [1.29, 1.82) is 0 Å². The Morgan fingerprint density at radius 1 is 0.974 bits per heavy atom. The Hall–Kier alpha value is -4.34. The molecule has 2 aromatic heterocycles. The van der Waals surface area contributed by atoms with Crippen LogP contribution in [0.25, 0.3) is 11.1 Å². The lowest BCUT2D eigenvalue weighted by Crippen LogP contribution is -2.54. The first-order valence-corrected chi connectivity index (χ1v) is 13.5. The van der Waals surface area contributed by atoms with Gasteiger partial charge in [0.05, 0.1) is 22.9 Å². The van der Waals surface area contributed by atoms with Gasteiger partial charge in [0, 0.05) is 54.3 Å². The number of aromatic nitrogens is 3. The topological polar surface area (TPSA) is 126 Å². The van der Waals surface area contributed by atoms with Gasteiger partial charge in [-0.2, -0.15) is 5.10 Å². The quantitative estimate of drug-likeness (QED) is 0.454. The van der Waals surface area contributed by atoms with Crippen LogP contribution in [-0.2, 0) is 9.59 Å². The highest BCUT2D eigenvalue weighted by molar-refractivity contribution is 6.23. The smallest absolute Gasteiger partial charge is 0.262 e. The van der Waals surface area contributed by atoms with Gasteiger partial charge in [0.2, 0.25) is 11.8 Å². The summed E-state index contributed by atoms with van der Waals surface area (Å²) in [4.78, 5) is 55.0. The third kappa shape index (κ3) is 4.20. The van der Waals surface area contributed by atoms with Crippen LogP contribution in [-0.4, -0.2) is 55.9 Å². The summed E-state index contributed by atoms with van der Waals surface area (Å²) in [6.07, 6.45) is 10.5. The molecule has 1 saturated heterocycles. The summed E-state index contributed by atoms with van der Waals surface area (Å²) in [5.41, 5.74) is 4.83. The van der Waals surface area contributed by atoms with Crippen molar-refractivity contribution in [2.75, 3.05) is 11.9 Å². The summed E-state index contributed by atoms with van der Waals surface area (Å²) < 4.78 is 2.13. The number of rotatable bonds is 7. The summed E-state index contributed by atoms with van der Waals surface area (Å²) in [5.74, 6) is -0.954. The van der Waals surface area contributed by atoms with E-state index in [2.05, 4.69) is 32.6 Å². The summed E-state index contributed by atoms with van der Waals surface area (Å²) in [5, 5.41) is 10.6. The Balaban J connectivity index is 0.987. The lowest BCUT2D eigenvalue weighted by Gasteiger charge is -2.35. The van der Waals surface area contributed by atoms with Gasteiger partial charge in [0.15, 0.2) is 0 Å². The molecule has 0 spiro atoms. The first kappa shape index (κ1) is 23.8. The average molecular weight is 525 g/mol. The molecule has 1 unspecified atom stereocenters. The maximum atomic E-state index is 13.1. The molecule has 2 aliphatic heterocycles.